The SMILES string of the molecule is Cc1nc(=S)c2c([nH]1)N(c1ccccc1)N=C(c1ccccc1)O2. The van der Waals surface area contributed by atoms with Gasteiger partial charge in [-0.05, 0) is 31.2 Å². The van der Waals surface area contributed by atoms with Gasteiger partial charge < -0.3 is 9.72 Å². The zero-order valence-electron chi connectivity index (χ0n) is 12.9. The minimum Gasteiger partial charge on any atom is -0.430 e. The van der Waals surface area contributed by atoms with Gasteiger partial charge in [0.25, 0.3) is 0 Å². The third-order valence-electron chi connectivity index (χ3n) is 3.60. The van der Waals surface area contributed by atoms with Crippen molar-refractivity contribution in [3.8, 4) is 5.75 Å². The Morgan fingerprint density at radius 2 is 1.67 bits per heavy atom. The van der Waals surface area contributed by atoms with E-state index in [0.717, 1.165) is 11.3 Å². The predicted octanol–water partition coefficient (Wildman–Crippen LogP) is 4.34. The van der Waals surface area contributed by atoms with Gasteiger partial charge in [0.1, 0.15) is 5.82 Å². The highest BCUT2D eigenvalue weighted by atomic mass is 32.1. The summed E-state index contributed by atoms with van der Waals surface area (Å²) in [5.41, 5.74) is 1.78. The summed E-state index contributed by atoms with van der Waals surface area (Å²) in [4.78, 5) is 7.50. The maximum absolute atomic E-state index is 5.97. The summed E-state index contributed by atoms with van der Waals surface area (Å²) in [5, 5.41) is 6.47. The molecule has 5 nitrogen and oxygen atoms in total. The first-order chi connectivity index (χ1) is 11.7. The van der Waals surface area contributed by atoms with Crippen LogP contribution in [-0.4, -0.2) is 15.9 Å². The van der Waals surface area contributed by atoms with Crippen molar-refractivity contribution in [2.24, 2.45) is 5.10 Å². The second-order valence-corrected chi connectivity index (χ2v) is 5.71. The van der Waals surface area contributed by atoms with Crippen LogP contribution in [0.15, 0.2) is 65.8 Å². The molecule has 2 aromatic carbocycles. The van der Waals surface area contributed by atoms with Crippen LogP contribution in [0.1, 0.15) is 11.4 Å². The highest BCUT2D eigenvalue weighted by Crippen LogP contribution is 2.36. The van der Waals surface area contributed by atoms with Crippen LogP contribution in [0.25, 0.3) is 0 Å². The molecule has 24 heavy (non-hydrogen) atoms. The highest BCUT2D eigenvalue weighted by Gasteiger charge is 2.25. The van der Waals surface area contributed by atoms with Gasteiger partial charge in [-0.15, -0.1) is 5.10 Å². The summed E-state index contributed by atoms with van der Waals surface area (Å²) < 4.78 is 6.37. The minimum atomic E-state index is 0.408. The Morgan fingerprint density at radius 1 is 1.00 bits per heavy atom. The number of para-hydroxylation sites is 1. The number of hydrogen-bond acceptors (Lipinski definition) is 5. The van der Waals surface area contributed by atoms with Gasteiger partial charge in [-0.2, -0.15) is 0 Å². The zero-order chi connectivity index (χ0) is 16.5. The number of nitrogens with zero attached hydrogens (tertiary/aromatic N) is 3. The lowest BCUT2D eigenvalue weighted by molar-refractivity contribution is 0.524. The molecule has 0 spiro atoms. The molecule has 0 aliphatic carbocycles. The Morgan fingerprint density at radius 3 is 2.38 bits per heavy atom. The summed E-state index contributed by atoms with van der Waals surface area (Å²) in [6.07, 6.45) is 0. The summed E-state index contributed by atoms with van der Waals surface area (Å²) in [5.74, 6) is 2.38. The van der Waals surface area contributed by atoms with E-state index < -0.39 is 0 Å². The van der Waals surface area contributed by atoms with Gasteiger partial charge >= 0.3 is 0 Å². The van der Waals surface area contributed by atoms with Crippen molar-refractivity contribution in [1.82, 2.24) is 9.97 Å². The number of rotatable bonds is 2. The second kappa shape index (κ2) is 5.90. The monoisotopic (exact) mass is 334 g/mol. The second-order valence-electron chi connectivity index (χ2n) is 5.33. The van der Waals surface area contributed by atoms with Crippen molar-refractivity contribution in [3.63, 3.8) is 0 Å². The molecule has 0 saturated carbocycles. The number of anilines is 2. The van der Waals surface area contributed by atoms with Crippen molar-refractivity contribution in [2.45, 2.75) is 6.92 Å². The molecule has 4 rings (SSSR count). The molecule has 3 aromatic rings. The fraction of sp³-hybridized carbons (Fsp3) is 0.0556. The van der Waals surface area contributed by atoms with Gasteiger partial charge in [-0.25, -0.2) is 9.99 Å². The number of hydrazone groups is 1. The average Bonchev–Trinajstić information content (AvgIpc) is 2.62. The van der Waals surface area contributed by atoms with Gasteiger partial charge in [-0.3, -0.25) is 0 Å². The lowest BCUT2D eigenvalue weighted by Gasteiger charge is -2.27. The molecule has 1 aliphatic rings. The number of hydrogen-bond donors (Lipinski definition) is 1. The number of aromatic amines is 1. The molecule has 1 aromatic heterocycles. The van der Waals surface area contributed by atoms with Crippen molar-refractivity contribution < 1.29 is 4.74 Å². The van der Waals surface area contributed by atoms with Crippen LogP contribution in [0.3, 0.4) is 0 Å². The molecule has 0 radical (unpaired) electrons. The van der Waals surface area contributed by atoms with Crippen LogP contribution in [0, 0.1) is 11.6 Å². The topological polar surface area (TPSA) is 53.5 Å². The number of H-pyrrole nitrogens is 1. The zero-order valence-corrected chi connectivity index (χ0v) is 13.7. The molecule has 0 atom stereocenters. The molecule has 6 heteroatoms. The summed E-state index contributed by atoms with van der Waals surface area (Å²) in [6.45, 7) is 1.86. The van der Waals surface area contributed by atoms with E-state index in [1.165, 1.54) is 0 Å². The van der Waals surface area contributed by atoms with Crippen LogP contribution in [0.5, 0.6) is 5.75 Å². The standard InChI is InChI=1S/C18H14N4OS/c1-12-19-16-15(18(24)20-12)23-17(13-8-4-2-5-9-13)21-22(16)14-10-6-3-7-11-14/h2-11H,1H3,(H,19,20,24). The molecule has 0 amide bonds. The summed E-state index contributed by atoms with van der Waals surface area (Å²) >= 11 is 5.39. The van der Waals surface area contributed by atoms with Gasteiger partial charge in [0.15, 0.2) is 10.5 Å². The average molecular weight is 334 g/mol. The van der Waals surface area contributed by atoms with E-state index in [1.54, 1.807) is 5.01 Å². The number of fused-ring (bicyclic) bond motifs is 1. The Hall–Kier alpha value is -2.99. The van der Waals surface area contributed by atoms with Crippen molar-refractivity contribution in [2.75, 3.05) is 5.01 Å². The molecule has 2 heterocycles. The van der Waals surface area contributed by atoms with Gasteiger partial charge in [0, 0.05) is 5.56 Å². The number of benzene rings is 2. The molecule has 1 aliphatic heterocycles. The molecule has 1 N–H and O–H groups in total. The van der Waals surface area contributed by atoms with Gasteiger partial charge in [0.2, 0.25) is 11.6 Å². The highest BCUT2D eigenvalue weighted by molar-refractivity contribution is 7.71. The van der Waals surface area contributed by atoms with E-state index >= 15 is 0 Å². The van der Waals surface area contributed by atoms with E-state index in [-0.39, 0.29) is 0 Å². The molecule has 118 valence electrons. The largest absolute Gasteiger partial charge is 0.430 e. The quantitative estimate of drug-likeness (QED) is 0.708. The summed E-state index contributed by atoms with van der Waals surface area (Å²) in [7, 11) is 0. The van der Waals surface area contributed by atoms with Crippen LogP contribution in [-0.2, 0) is 0 Å². The van der Waals surface area contributed by atoms with Crippen LogP contribution in [0.2, 0.25) is 0 Å². The fourth-order valence-electron chi connectivity index (χ4n) is 2.51. The molecule has 0 saturated heterocycles. The fourth-order valence-corrected chi connectivity index (χ4v) is 2.79. The number of aryl methyl sites for hydroxylation is 1. The van der Waals surface area contributed by atoms with Crippen LogP contribution in [0.4, 0.5) is 11.5 Å². The first-order valence-corrected chi connectivity index (χ1v) is 7.91. The Bertz CT molecular complexity index is 967. The van der Waals surface area contributed by atoms with Gasteiger partial charge in [-0.1, -0.05) is 48.6 Å². The van der Waals surface area contributed by atoms with Gasteiger partial charge in [0.05, 0.1) is 5.69 Å². The van der Waals surface area contributed by atoms with E-state index in [1.807, 2.05) is 67.6 Å². The van der Waals surface area contributed by atoms with E-state index in [4.69, 9.17) is 17.0 Å². The van der Waals surface area contributed by atoms with Crippen molar-refractivity contribution in [3.05, 3.63) is 76.7 Å². The Labute approximate surface area is 144 Å². The van der Waals surface area contributed by atoms with Crippen molar-refractivity contribution >= 4 is 29.6 Å². The minimum absolute atomic E-state index is 0.408. The Balaban J connectivity index is 1.92. The normalized spacial score (nSPS) is 13.0. The Kier molecular flexibility index (Phi) is 3.59. The van der Waals surface area contributed by atoms with E-state index in [9.17, 15) is 0 Å². The predicted molar refractivity (Wildman–Crippen MR) is 96.3 cm³/mol. The number of nitrogens with one attached hydrogen (secondary N) is 1. The smallest absolute Gasteiger partial charge is 0.244 e. The third-order valence-corrected chi connectivity index (χ3v) is 3.88. The molecule has 0 bridgehead atoms. The molecular weight excluding hydrogens is 320 g/mol. The molecule has 0 unspecified atom stereocenters. The molecular formula is C18H14N4OS. The number of ether oxygens (including phenoxy) is 1. The first-order valence-electron chi connectivity index (χ1n) is 7.50. The van der Waals surface area contributed by atoms with Crippen molar-refractivity contribution in [1.29, 1.82) is 0 Å². The number of aromatic nitrogens is 2. The van der Waals surface area contributed by atoms with E-state index in [0.29, 0.717) is 27.9 Å². The third kappa shape index (κ3) is 2.57. The lowest BCUT2D eigenvalue weighted by atomic mass is 10.2. The maximum atomic E-state index is 5.97. The maximum Gasteiger partial charge on any atom is 0.244 e. The van der Waals surface area contributed by atoms with Crippen LogP contribution >= 0.6 is 12.2 Å². The summed E-state index contributed by atoms with van der Waals surface area (Å²) in [6, 6.07) is 19.6. The first kappa shape index (κ1) is 14.6. The van der Waals surface area contributed by atoms with Crippen LogP contribution < -0.4 is 9.75 Å². The van der Waals surface area contributed by atoms with E-state index in [2.05, 4.69) is 15.1 Å². The molecule has 0 fully saturated rings. The lowest BCUT2D eigenvalue weighted by Crippen LogP contribution is -2.26.